The Morgan fingerprint density at radius 2 is 1.96 bits per heavy atom. The normalized spacial score (nSPS) is 10.8. The first kappa shape index (κ1) is 18.1. The summed E-state index contributed by atoms with van der Waals surface area (Å²) in [5.41, 5.74) is 1.70. The third-order valence-electron chi connectivity index (χ3n) is 3.24. The van der Waals surface area contributed by atoms with Gasteiger partial charge in [-0.3, -0.25) is 9.69 Å². The SMILES string of the molecule is CSc1cccc(NC(=O)CN(C)Cc2cccc(Cl)c2Cl)c1. The van der Waals surface area contributed by atoms with Crippen LogP contribution in [0.2, 0.25) is 10.0 Å². The average molecular weight is 369 g/mol. The predicted molar refractivity (Wildman–Crippen MR) is 99.6 cm³/mol. The van der Waals surface area contributed by atoms with Crippen molar-refractivity contribution >= 4 is 46.6 Å². The zero-order chi connectivity index (χ0) is 16.8. The van der Waals surface area contributed by atoms with E-state index in [-0.39, 0.29) is 12.5 Å². The van der Waals surface area contributed by atoms with Crippen LogP contribution >= 0.6 is 35.0 Å². The molecule has 2 rings (SSSR count). The third kappa shape index (κ3) is 5.43. The van der Waals surface area contributed by atoms with Gasteiger partial charge in [-0.2, -0.15) is 0 Å². The van der Waals surface area contributed by atoms with Crippen LogP contribution in [0.4, 0.5) is 5.69 Å². The highest BCUT2D eigenvalue weighted by Crippen LogP contribution is 2.26. The van der Waals surface area contributed by atoms with Crippen molar-refractivity contribution in [1.82, 2.24) is 4.90 Å². The lowest BCUT2D eigenvalue weighted by Crippen LogP contribution is -2.29. The van der Waals surface area contributed by atoms with E-state index < -0.39 is 0 Å². The van der Waals surface area contributed by atoms with Gasteiger partial charge in [0.25, 0.3) is 0 Å². The zero-order valence-electron chi connectivity index (χ0n) is 13.0. The molecule has 1 N–H and O–H groups in total. The van der Waals surface area contributed by atoms with Crippen LogP contribution in [0.5, 0.6) is 0 Å². The summed E-state index contributed by atoms with van der Waals surface area (Å²) < 4.78 is 0. The Labute approximate surface area is 151 Å². The van der Waals surface area contributed by atoms with E-state index in [1.165, 1.54) is 0 Å². The van der Waals surface area contributed by atoms with Crippen LogP contribution < -0.4 is 5.32 Å². The van der Waals surface area contributed by atoms with Crippen molar-refractivity contribution in [3.05, 3.63) is 58.1 Å². The second-order valence-electron chi connectivity index (χ2n) is 5.17. The van der Waals surface area contributed by atoms with Crippen molar-refractivity contribution in [2.45, 2.75) is 11.4 Å². The molecule has 0 aromatic heterocycles. The van der Waals surface area contributed by atoms with E-state index in [1.54, 1.807) is 17.8 Å². The number of likely N-dealkylation sites (N-methyl/N-ethyl adjacent to an activating group) is 1. The molecule has 1 amide bonds. The van der Waals surface area contributed by atoms with Gasteiger partial charge in [-0.25, -0.2) is 0 Å². The Morgan fingerprint density at radius 1 is 1.22 bits per heavy atom. The van der Waals surface area contributed by atoms with E-state index in [1.807, 2.05) is 54.6 Å². The summed E-state index contributed by atoms with van der Waals surface area (Å²) >= 11 is 13.8. The molecule has 0 aliphatic rings. The number of carbonyl (C=O) groups is 1. The highest BCUT2D eigenvalue weighted by molar-refractivity contribution is 7.98. The van der Waals surface area contributed by atoms with Gasteiger partial charge in [0.2, 0.25) is 5.91 Å². The molecule has 0 saturated carbocycles. The molecule has 0 atom stereocenters. The van der Waals surface area contributed by atoms with Crippen LogP contribution in [0.1, 0.15) is 5.56 Å². The Hall–Kier alpha value is -1.20. The first-order valence-corrected chi connectivity index (χ1v) is 9.03. The molecule has 23 heavy (non-hydrogen) atoms. The molecule has 6 heteroatoms. The summed E-state index contributed by atoms with van der Waals surface area (Å²) in [6, 6.07) is 13.3. The Morgan fingerprint density at radius 3 is 2.70 bits per heavy atom. The maximum absolute atomic E-state index is 12.1. The van der Waals surface area contributed by atoms with Crippen LogP contribution in [-0.4, -0.2) is 30.7 Å². The molecule has 0 aliphatic heterocycles. The zero-order valence-corrected chi connectivity index (χ0v) is 15.3. The molecule has 0 bridgehead atoms. The number of halogens is 2. The Bertz CT molecular complexity index is 694. The number of nitrogens with zero attached hydrogens (tertiary/aromatic N) is 1. The lowest BCUT2D eigenvalue weighted by atomic mass is 10.2. The third-order valence-corrected chi connectivity index (χ3v) is 4.82. The van der Waals surface area contributed by atoms with Gasteiger partial charge in [0, 0.05) is 17.1 Å². The largest absolute Gasteiger partial charge is 0.325 e. The number of amides is 1. The van der Waals surface area contributed by atoms with Crippen molar-refractivity contribution < 1.29 is 4.79 Å². The van der Waals surface area contributed by atoms with Crippen LogP contribution in [0.15, 0.2) is 47.4 Å². The number of rotatable bonds is 6. The quantitative estimate of drug-likeness (QED) is 0.744. The number of carbonyl (C=O) groups excluding carboxylic acids is 1. The van der Waals surface area contributed by atoms with E-state index in [4.69, 9.17) is 23.2 Å². The van der Waals surface area contributed by atoms with Gasteiger partial charge >= 0.3 is 0 Å². The summed E-state index contributed by atoms with van der Waals surface area (Å²) in [5, 5.41) is 3.97. The van der Waals surface area contributed by atoms with E-state index in [9.17, 15) is 4.79 Å². The number of nitrogens with one attached hydrogen (secondary N) is 1. The summed E-state index contributed by atoms with van der Waals surface area (Å²) in [5.74, 6) is -0.0658. The first-order valence-electron chi connectivity index (χ1n) is 7.05. The Balaban J connectivity index is 1.93. The van der Waals surface area contributed by atoms with Gasteiger partial charge in [-0.05, 0) is 43.1 Å². The molecule has 0 aliphatic carbocycles. The van der Waals surface area contributed by atoms with E-state index >= 15 is 0 Å². The predicted octanol–water partition coefficient (Wildman–Crippen LogP) is 4.79. The van der Waals surface area contributed by atoms with Crippen LogP contribution in [0, 0.1) is 0 Å². The fourth-order valence-corrected chi connectivity index (χ4v) is 3.00. The smallest absolute Gasteiger partial charge is 0.238 e. The van der Waals surface area contributed by atoms with E-state index in [0.717, 1.165) is 16.1 Å². The van der Waals surface area contributed by atoms with Crippen molar-refractivity contribution in [1.29, 1.82) is 0 Å². The molecule has 2 aromatic carbocycles. The minimum atomic E-state index is -0.0658. The van der Waals surface area contributed by atoms with Crippen molar-refractivity contribution in [3.8, 4) is 0 Å². The summed E-state index contributed by atoms with van der Waals surface area (Å²) in [4.78, 5) is 15.2. The van der Waals surface area contributed by atoms with Gasteiger partial charge in [-0.15, -0.1) is 11.8 Å². The van der Waals surface area contributed by atoms with E-state index in [0.29, 0.717) is 16.6 Å². The molecule has 0 saturated heterocycles. The van der Waals surface area contributed by atoms with Gasteiger partial charge in [0.15, 0.2) is 0 Å². The first-order chi connectivity index (χ1) is 11.0. The van der Waals surface area contributed by atoms with Gasteiger partial charge < -0.3 is 5.32 Å². The summed E-state index contributed by atoms with van der Waals surface area (Å²) in [6.07, 6.45) is 2.00. The molecule has 0 fully saturated rings. The second-order valence-corrected chi connectivity index (χ2v) is 6.83. The molecule has 2 aromatic rings. The van der Waals surface area contributed by atoms with Gasteiger partial charge in [0.1, 0.15) is 0 Å². The average Bonchev–Trinajstić information content (AvgIpc) is 2.51. The topological polar surface area (TPSA) is 32.3 Å². The highest BCUT2D eigenvalue weighted by atomic mass is 35.5. The highest BCUT2D eigenvalue weighted by Gasteiger charge is 2.11. The second kappa shape index (κ2) is 8.60. The van der Waals surface area contributed by atoms with E-state index in [2.05, 4.69) is 5.32 Å². The van der Waals surface area contributed by atoms with Crippen molar-refractivity contribution in [2.24, 2.45) is 0 Å². The van der Waals surface area contributed by atoms with Crippen molar-refractivity contribution in [2.75, 3.05) is 25.2 Å². The monoisotopic (exact) mass is 368 g/mol. The molecule has 0 radical (unpaired) electrons. The summed E-state index contributed by atoms with van der Waals surface area (Å²) in [7, 11) is 1.87. The lowest BCUT2D eigenvalue weighted by molar-refractivity contribution is -0.117. The molecular weight excluding hydrogens is 351 g/mol. The fraction of sp³-hybridized carbons (Fsp3) is 0.235. The fourth-order valence-electron chi connectivity index (χ4n) is 2.16. The minimum absolute atomic E-state index is 0.0658. The van der Waals surface area contributed by atoms with Crippen LogP contribution in [0.3, 0.4) is 0 Å². The molecule has 0 spiro atoms. The standard InChI is InChI=1S/C17H18Cl2N2OS/c1-21(10-12-5-3-8-15(18)17(12)19)11-16(22)20-13-6-4-7-14(9-13)23-2/h3-9H,10-11H2,1-2H3,(H,20,22). The van der Waals surface area contributed by atoms with Crippen molar-refractivity contribution in [3.63, 3.8) is 0 Å². The maximum Gasteiger partial charge on any atom is 0.238 e. The molecule has 122 valence electrons. The van der Waals surface area contributed by atoms with Crippen LogP contribution in [-0.2, 0) is 11.3 Å². The molecule has 0 heterocycles. The Kier molecular flexibility index (Phi) is 6.78. The molecular formula is C17H18Cl2N2OS. The summed E-state index contributed by atoms with van der Waals surface area (Å²) in [6.45, 7) is 0.823. The van der Waals surface area contributed by atoms with Gasteiger partial charge in [-0.1, -0.05) is 41.4 Å². The maximum atomic E-state index is 12.1. The lowest BCUT2D eigenvalue weighted by Gasteiger charge is -2.17. The number of anilines is 1. The number of hydrogen-bond acceptors (Lipinski definition) is 3. The number of benzene rings is 2. The van der Waals surface area contributed by atoms with Crippen LogP contribution in [0.25, 0.3) is 0 Å². The number of thioether (sulfide) groups is 1. The minimum Gasteiger partial charge on any atom is -0.325 e. The molecule has 3 nitrogen and oxygen atoms in total. The van der Waals surface area contributed by atoms with Gasteiger partial charge in [0.05, 0.1) is 16.6 Å². The molecule has 0 unspecified atom stereocenters. The number of hydrogen-bond donors (Lipinski definition) is 1.